The van der Waals surface area contributed by atoms with Crippen LogP contribution in [0.25, 0.3) is 0 Å². The highest BCUT2D eigenvalue weighted by Gasteiger charge is 2.31. The van der Waals surface area contributed by atoms with E-state index in [1.54, 1.807) is 17.5 Å². The van der Waals surface area contributed by atoms with Gasteiger partial charge in [-0.3, -0.25) is 4.72 Å². The summed E-state index contributed by atoms with van der Waals surface area (Å²) in [5, 5.41) is 11.4. The molecule has 0 spiro atoms. The minimum Gasteiger partial charge on any atom is -0.507 e. The summed E-state index contributed by atoms with van der Waals surface area (Å²) in [6.45, 7) is 0. The second-order valence-electron chi connectivity index (χ2n) is 4.68. The highest BCUT2D eigenvalue weighted by molar-refractivity contribution is 9.10. The van der Waals surface area contributed by atoms with Gasteiger partial charge in [0.15, 0.2) is 0 Å². The molecule has 0 amide bonds. The summed E-state index contributed by atoms with van der Waals surface area (Å²) >= 11 is 4.41. The van der Waals surface area contributed by atoms with Gasteiger partial charge >= 0.3 is 0 Å². The highest BCUT2D eigenvalue weighted by atomic mass is 79.9. The van der Waals surface area contributed by atoms with E-state index in [4.69, 9.17) is 0 Å². The number of rotatable bonds is 4. The van der Waals surface area contributed by atoms with Crippen LogP contribution in [0.1, 0.15) is 24.3 Å². The van der Waals surface area contributed by atoms with Crippen molar-refractivity contribution in [2.45, 2.75) is 23.0 Å². The van der Waals surface area contributed by atoms with E-state index < -0.39 is 10.0 Å². The fraction of sp³-hybridized carbons (Fsp3) is 0.231. The molecule has 7 heteroatoms. The molecule has 2 aromatic rings. The monoisotopic (exact) mass is 373 g/mol. The molecule has 3 rings (SSSR count). The summed E-state index contributed by atoms with van der Waals surface area (Å²) in [6.07, 6.45) is 2.10. The maximum Gasteiger partial charge on any atom is 0.271 e. The average molecular weight is 374 g/mol. The minimum absolute atomic E-state index is 0.00111. The van der Waals surface area contributed by atoms with Gasteiger partial charge < -0.3 is 5.11 Å². The van der Waals surface area contributed by atoms with Crippen molar-refractivity contribution in [3.05, 3.63) is 39.7 Å². The molecule has 106 valence electrons. The van der Waals surface area contributed by atoms with E-state index in [1.165, 1.54) is 17.4 Å². The molecule has 0 bridgehead atoms. The fourth-order valence-electron chi connectivity index (χ4n) is 2.01. The van der Waals surface area contributed by atoms with Crippen LogP contribution in [0.3, 0.4) is 0 Å². The van der Waals surface area contributed by atoms with Crippen molar-refractivity contribution >= 4 is 43.0 Å². The lowest BCUT2D eigenvalue weighted by Crippen LogP contribution is -2.13. The molecule has 0 radical (unpaired) electrons. The molecule has 20 heavy (non-hydrogen) atoms. The van der Waals surface area contributed by atoms with Crippen LogP contribution in [0.2, 0.25) is 0 Å². The number of aromatic hydroxyl groups is 1. The number of anilines is 1. The predicted octanol–water partition coefficient (Wildman–Crippen LogP) is 3.89. The van der Waals surface area contributed by atoms with Crippen molar-refractivity contribution < 1.29 is 13.5 Å². The maximum absolute atomic E-state index is 12.5. The van der Waals surface area contributed by atoms with Crippen LogP contribution >= 0.6 is 27.3 Å². The van der Waals surface area contributed by atoms with Gasteiger partial charge in [-0.1, -0.05) is 6.07 Å². The SMILES string of the molecule is O=S(=O)(Nc1cccc(O)c1Br)c1sccc1C1CC1. The smallest absolute Gasteiger partial charge is 0.271 e. The normalized spacial score (nSPS) is 15.2. The van der Waals surface area contributed by atoms with Crippen LogP contribution in [0, 0.1) is 0 Å². The number of benzene rings is 1. The third-order valence-electron chi connectivity index (χ3n) is 3.14. The lowest BCUT2D eigenvalue weighted by atomic mass is 10.2. The highest BCUT2D eigenvalue weighted by Crippen LogP contribution is 2.45. The van der Waals surface area contributed by atoms with Crippen molar-refractivity contribution in [1.29, 1.82) is 0 Å². The number of halogens is 1. The Morgan fingerprint density at radius 2 is 2.05 bits per heavy atom. The zero-order valence-corrected chi connectivity index (χ0v) is 13.6. The summed E-state index contributed by atoms with van der Waals surface area (Å²) in [5.41, 5.74) is 1.24. The van der Waals surface area contributed by atoms with E-state index in [9.17, 15) is 13.5 Å². The van der Waals surface area contributed by atoms with Crippen LogP contribution in [-0.4, -0.2) is 13.5 Å². The van der Waals surface area contributed by atoms with E-state index in [0.29, 0.717) is 20.3 Å². The van der Waals surface area contributed by atoms with Gasteiger partial charge in [-0.15, -0.1) is 11.3 Å². The van der Waals surface area contributed by atoms with Gasteiger partial charge in [0.25, 0.3) is 10.0 Å². The first kappa shape index (κ1) is 13.9. The van der Waals surface area contributed by atoms with Gasteiger partial charge in [0.2, 0.25) is 0 Å². The number of hydrogen-bond donors (Lipinski definition) is 2. The van der Waals surface area contributed by atoms with Crippen molar-refractivity contribution in [1.82, 2.24) is 0 Å². The van der Waals surface area contributed by atoms with E-state index in [2.05, 4.69) is 20.7 Å². The third-order valence-corrected chi connectivity index (χ3v) is 6.86. The number of hydrogen-bond acceptors (Lipinski definition) is 4. The van der Waals surface area contributed by atoms with E-state index >= 15 is 0 Å². The van der Waals surface area contributed by atoms with Crippen molar-refractivity contribution in [3.63, 3.8) is 0 Å². The van der Waals surface area contributed by atoms with Gasteiger partial charge in [-0.25, -0.2) is 8.42 Å². The molecule has 0 atom stereocenters. The molecule has 1 heterocycles. The Bertz CT molecular complexity index is 751. The van der Waals surface area contributed by atoms with Gasteiger partial charge in [0.1, 0.15) is 9.96 Å². The molecule has 0 saturated heterocycles. The molecule has 1 aromatic carbocycles. The van der Waals surface area contributed by atoms with E-state index in [0.717, 1.165) is 18.4 Å². The zero-order chi connectivity index (χ0) is 14.3. The molecule has 1 aromatic heterocycles. The van der Waals surface area contributed by atoms with Crippen LogP contribution in [0.4, 0.5) is 5.69 Å². The van der Waals surface area contributed by atoms with Crippen LogP contribution in [0.15, 0.2) is 38.3 Å². The Hall–Kier alpha value is -1.05. The third kappa shape index (κ3) is 2.57. The Morgan fingerprint density at radius 1 is 1.30 bits per heavy atom. The molecular weight excluding hydrogens is 362 g/mol. The Kier molecular flexibility index (Phi) is 3.51. The summed E-state index contributed by atoms with van der Waals surface area (Å²) in [5.74, 6) is 0.374. The molecule has 0 aliphatic heterocycles. The summed E-state index contributed by atoms with van der Waals surface area (Å²) in [4.78, 5) is 0. The first-order chi connectivity index (χ1) is 9.49. The van der Waals surface area contributed by atoms with Crippen molar-refractivity contribution in [2.24, 2.45) is 0 Å². The standard InChI is InChI=1S/C13H12BrNO3S2/c14-12-10(2-1-3-11(12)16)15-20(17,18)13-9(6-7-19-13)8-4-5-8/h1-3,6-8,15-16H,4-5H2. The topological polar surface area (TPSA) is 66.4 Å². The van der Waals surface area contributed by atoms with E-state index in [-0.39, 0.29) is 5.75 Å². The quantitative estimate of drug-likeness (QED) is 0.853. The molecule has 1 aliphatic carbocycles. The van der Waals surface area contributed by atoms with Gasteiger partial charge in [-0.05, 0) is 63.8 Å². The number of thiophene rings is 1. The first-order valence-electron chi connectivity index (χ1n) is 6.07. The van der Waals surface area contributed by atoms with Crippen molar-refractivity contribution in [3.8, 4) is 5.75 Å². The summed E-state index contributed by atoms with van der Waals surface area (Å²) in [6, 6.07) is 6.57. The number of phenols is 1. The number of nitrogens with one attached hydrogen (secondary N) is 1. The molecule has 2 N–H and O–H groups in total. The zero-order valence-electron chi connectivity index (χ0n) is 10.3. The number of sulfonamides is 1. The summed E-state index contributed by atoms with van der Waals surface area (Å²) < 4.78 is 28.2. The average Bonchev–Trinajstić information content (AvgIpc) is 3.11. The molecular formula is C13H12BrNO3S2. The molecule has 1 aliphatic rings. The maximum atomic E-state index is 12.5. The van der Waals surface area contributed by atoms with Crippen LogP contribution in [0.5, 0.6) is 5.75 Å². The lowest BCUT2D eigenvalue weighted by Gasteiger charge is -2.10. The van der Waals surface area contributed by atoms with Crippen LogP contribution < -0.4 is 4.72 Å². The second kappa shape index (κ2) is 5.05. The Labute approximate surface area is 129 Å². The largest absolute Gasteiger partial charge is 0.507 e. The van der Waals surface area contributed by atoms with Gasteiger partial charge in [0.05, 0.1) is 10.2 Å². The lowest BCUT2D eigenvalue weighted by molar-refractivity contribution is 0.472. The number of phenolic OH excluding ortho intramolecular Hbond substituents is 1. The van der Waals surface area contributed by atoms with Crippen molar-refractivity contribution in [2.75, 3.05) is 4.72 Å². The predicted molar refractivity (Wildman–Crippen MR) is 82.9 cm³/mol. The Balaban J connectivity index is 1.96. The Morgan fingerprint density at radius 3 is 2.75 bits per heavy atom. The summed E-state index contributed by atoms with van der Waals surface area (Å²) in [7, 11) is -3.62. The van der Waals surface area contributed by atoms with Crippen LogP contribution in [-0.2, 0) is 10.0 Å². The molecule has 0 unspecified atom stereocenters. The van der Waals surface area contributed by atoms with Gasteiger partial charge in [-0.2, -0.15) is 0 Å². The molecule has 1 fully saturated rings. The van der Waals surface area contributed by atoms with Gasteiger partial charge in [0, 0.05) is 0 Å². The minimum atomic E-state index is -3.62. The molecule has 1 saturated carbocycles. The molecule has 4 nitrogen and oxygen atoms in total. The fourth-order valence-corrected chi connectivity index (χ4v) is 5.11. The first-order valence-corrected chi connectivity index (χ1v) is 9.22. The second-order valence-corrected chi connectivity index (χ2v) is 8.27. The van der Waals surface area contributed by atoms with E-state index in [1.807, 2.05) is 6.07 Å².